The van der Waals surface area contributed by atoms with Gasteiger partial charge in [-0.15, -0.1) is 0 Å². The van der Waals surface area contributed by atoms with E-state index in [-0.39, 0.29) is 5.75 Å². The second-order valence-corrected chi connectivity index (χ2v) is 4.31. The van der Waals surface area contributed by atoms with Crippen LogP contribution in [0.1, 0.15) is 16.8 Å². The first-order valence-electron chi connectivity index (χ1n) is 5.69. The molecule has 4 heteroatoms. The van der Waals surface area contributed by atoms with Gasteiger partial charge in [0.1, 0.15) is 17.5 Å². The van der Waals surface area contributed by atoms with Crippen molar-refractivity contribution in [3.63, 3.8) is 0 Å². The van der Waals surface area contributed by atoms with Crippen LogP contribution in [-0.4, -0.2) is 9.67 Å². The van der Waals surface area contributed by atoms with Crippen molar-refractivity contribution in [2.45, 2.75) is 13.5 Å². The lowest BCUT2D eigenvalue weighted by Crippen LogP contribution is -1.98. The minimum absolute atomic E-state index is 0.283. The zero-order chi connectivity index (χ0) is 13.1. The van der Waals surface area contributed by atoms with Crippen LogP contribution in [-0.2, 0) is 13.6 Å². The molecule has 0 bridgehead atoms. The number of benzene rings is 1. The van der Waals surface area contributed by atoms with Crippen molar-refractivity contribution in [1.29, 1.82) is 5.26 Å². The third-order valence-corrected chi connectivity index (χ3v) is 2.88. The fourth-order valence-electron chi connectivity index (χ4n) is 1.76. The average molecular weight is 241 g/mol. The van der Waals surface area contributed by atoms with Gasteiger partial charge in [-0.2, -0.15) is 5.26 Å². The van der Waals surface area contributed by atoms with E-state index in [0.29, 0.717) is 12.2 Å². The van der Waals surface area contributed by atoms with E-state index in [1.165, 1.54) is 0 Å². The van der Waals surface area contributed by atoms with Crippen LogP contribution < -0.4 is 5.32 Å². The molecule has 1 aromatic heterocycles. The molecule has 92 valence electrons. The monoisotopic (exact) mass is 241 g/mol. The summed E-state index contributed by atoms with van der Waals surface area (Å²) in [6, 6.07) is 9.46. The molecule has 2 N–H and O–H groups in total. The predicted molar refractivity (Wildman–Crippen MR) is 70.3 cm³/mol. The van der Waals surface area contributed by atoms with Gasteiger partial charge in [0.2, 0.25) is 0 Å². The molecule has 0 aliphatic rings. The molecule has 0 saturated carbocycles. The first-order chi connectivity index (χ1) is 8.60. The van der Waals surface area contributed by atoms with Crippen LogP contribution in [0.4, 0.5) is 5.69 Å². The molecule has 0 aliphatic carbocycles. The van der Waals surface area contributed by atoms with E-state index in [9.17, 15) is 5.11 Å². The molecule has 0 saturated heterocycles. The average Bonchev–Trinajstić information content (AvgIpc) is 2.71. The summed E-state index contributed by atoms with van der Waals surface area (Å²) in [7, 11) is 1.85. The number of aromatic hydroxyl groups is 1. The Morgan fingerprint density at radius 3 is 2.78 bits per heavy atom. The van der Waals surface area contributed by atoms with Crippen LogP contribution in [0.25, 0.3) is 0 Å². The summed E-state index contributed by atoms with van der Waals surface area (Å²) < 4.78 is 1.80. The number of nitrogens with one attached hydrogen (secondary N) is 1. The van der Waals surface area contributed by atoms with Crippen molar-refractivity contribution in [3.05, 3.63) is 47.3 Å². The second-order valence-electron chi connectivity index (χ2n) is 4.31. The molecule has 2 rings (SSSR count). The minimum atomic E-state index is 0.283. The third kappa shape index (κ3) is 2.46. The molecule has 0 atom stereocenters. The lowest BCUT2D eigenvalue weighted by atomic mass is 10.2. The lowest BCUT2D eigenvalue weighted by Gasteiger charge is -2.06. The largest absolute Gasteiger partial charge is 0.508 e. The van der Waals surface area contributed by atoms with Gasteiger partial charge in [0, 0.05) is 31.5 Å². The molecule has 0 unspecified atom stereocenters. The molecule has 2 aromatic rings. The number of phenolic OH excluding ortho intramolecular Hbond substituents is 1. The van der Waals surface area contributed by atoms with Crippen molar-refractivity contribution in [2.24, 2.45) is 7.05 Å². The fourth-order valence-corrected chi connectivity index (χ4v) is 1.76. The van der Waals surface area contributed by atoms with Crippen molar-refractivity contribution < 1.29 is 5.11 Å². The van der Waals surface area contributed by atoms with E-state index in [1.807, 2.05) is 38.4 Å². The van der Waals surface area contributed by atoms with Crippen molar-refractivity contribution in [3.8, 4) is 11.8 Å². The van der Waals surface area contributed by atoms with Crippen molar-refractivity contribution in [2.75, 3.05) is 5.32 Å². The Hall–Kier alpha value is -2.41. The van der Waals surface area contributed by atoms with Gasteiger partial charge in [-0.25, -0.2) is 0 Å². The predicted octanol–water partition coefficient (Wildman–Crippen LogP) is 2.52. The van der Waals surface area contributed by atoms with Gasteiger partial charge in [-0.3, -0.25) is 0 Å². The Labute approximate surface area is 106 Å². The highest BCUT2D eigenvalue weighted by Gasteiger charge is 2.03. The van der Waals surface area contributed by atoms with Crippen LogP contribution in [0.2, 0.25) is 0 Å². The molecule has 1 aromatic carbocycles. The van der Waals surface area contributed by atoms with Crippen LogP contribution in [0.5, 0.6) is 5.75 Å². The zero-order valence-electron chi connectivity index (χ0n) is 10.4. The third-order valence-electron chi connectivity index (χ3n) is 2.88. The van der Waals surface area contributed by atoms with Gasteiger partial charge in [0.05, 0.1) is 0 Å². The molecule has 0 aliphatic heterocycles. The number of rotatable bonds is 3. The summed E-state index contributed by atoms with van der Waals surface area (Å²) >= 11 is 0. The SMILES string of the molecule is Cc1ccc(NCc2cc(C#N)n(C)c2)cc1O. The number of hydrogen-bond acceptors (Lipinski definition) is 3. The molecule has 1 heterocycles. The Bertz CT molecular complexity index is 608. The van der Waals surface area contributed by atoms with Crippen LogP contribution >= 0.6 is 0 Å². The first kappa shape index (κ1) is 12.1. The Morgan fingerprint density at radius 1 is 1.39 bits per heavy atom. The molecular formula is C14H15N3O. The summed E-state index contributed by atoms with van der Waals surface area (Å²) in [6.07, 6.45) is 1.92. The first-order valence-corrected chi connectivity index (χ1v) is 5.69. The molecule has 0 radical (unpaired) electrons. The topological polar surface area (TPSA) is 61.0 Å². The number of aromatic nitrogens is 1. The number of aryl methyl sites for hydroxylation is 2. The highest BCUT2D eigenvalue weighted by molar-refractivity contribution is 5.51. The summed E-state index contributed by atoms with van der Waals surface area (Å²) in [5, 5.41) is 21.7. The van der Waals surface area contributed by atoms with Gasteiger partial charge < -0.3 is 15.0 Å². The maximum Gasteiger partial charge on any atom is 0.120 e. The Balaban J connectivity index is 2.07. The van der Waals surface area contributed by atoms with Crippen molar-refractivity contribution >= 4 is 5.69 Å². The summed E-state index contributed by atoms with van der Waals surface area (Å²) in [5.74, 6) is 0.283. The van der Waals surface area contributed by atoms with Crippen molar-refractivity contribution in [1.82, 2.24) is 4.57 Å². The van der Waals surface area contributed by atoms with Crippen LogP contribution in [0.15, 0.2) is 30.5 Å². The maximum absolute atomic E-state index is 9.60. The summed E-state index contributed by atoms with van der Waals surface area (Å²) in [6.45, 7) is 2.48. The number of nitriles is 1. The molecule has 0 spiro atoms. The highest BCUT2D eigenvalue weighted by Crippen LogP contribution is 2.21. The smallest absolute Gasteiger partial charge is 0.120 e. The van der Waals surface area contributed by atoms with Gasteiger partial charge >= 0.3 is 0 Å². The zero-order valence-corrected chi connectivity index (χ0v) is 10.4. The van der Waals surface area contributed by atoms with Gasteiger partial charge in [-0.1, -0.05) is 6.07 Å². The number of anilines is 1. The second kappa shape index (κ2) is 4.84. The maximum atomic E-state index is 9.60. The quantitative estimate of drug-likeness (QED) is 0.868. The minimum Gasteiger partial charge on any atom is -0.508 e. The van der Waals surface area contributed by atoms with Crippen LogP contribution in [0, 0.1) is 18.3 Å². The van der Waals surface area contributed by atoms with Crippen LogP contribution in [0.3, 0.4) is 0 Å². The van der Waals surface area contributed by atoms with Gasteiger partial charge in [0.15, 0.2) is 0 Å². The Kier molecular flexibility index (Phi) is 3.24. The number of hydrogen-bond donors (Lipinski definition) is 2. The van der Waals surface area contributed by atoms with E-state index in [0.717, 1.165) is 16.8 Å². The Morgan fingerprint density at radius 2 is 2.17 bits per heavy atom. The molecule has 0 fully saturated rings. The number of nitrogens with zero attached hydrogens (tertiary/aromatic N) is 2. The molecule has 18 heavy (non-hydrogen) atoms. The lowest BCUT2D eigenvalue weighted by molar-refractivity contribution is 0.471. The van der Waals surface area contributed by atoms with Gasteiger partial charge in [0.25, 0.3) is 0 Å². The van der Waals surface area contributed by atoms with E-state index < -0.39 is 0 Å². The molecule has 4 nitrogen and oxygen atoms in total. The van der Waals surface area contributed by atoms with Gasteiger partial charge in [-0.05, 0) is 30.2 Å². The van der Waals surface area contributed by atoms with E-state index in [2.05, 4.69) is 11.4 Å². The fraction of sp³-hybridized carbons (Fsp3) is 0.214. The van der Waals surface area contributed by atoms with E-state index in [4.69, 9.17) is 5.26 Å². The number of phenols is 1. The highest BCUT2D eigenvalue weighted by atomic mass is 16.3. The molecular weight excluding hydrogens is 226 g/mol. The summed E-state index contributed by atoms with van der Waals surface area (Å²) in [4.78, 5) is 0. The van der Waals surface area contributed by atoms with E-state index >= 15 is 0 Å². The van der Waals surface area contributed by atoms with E-state index in [1.54, 1.807) is 10.6 Å². The standard InChI is InChI=1S/C14H15N3O/c1-10-3-4-12(6-14(10)18)16-8-11-5-13(7-15)17(2)9-11/h3-6,9,16,18H,8H2,1-2H3. The molecule has 0 amide bonds. The summed E-state index contributed by atoms with van der Waals surface area (Å²) in [5.41, 5.74) is 3.39. The normalized spacial score (nSPS) is 10.1.